The Morgan fingerprint density at radius 2 is 1.90 bits per heavy atom. The molecule has 2 aromatic rings. The molecule has 0 aliphatic carbocycles. The number of sulfonamides is 1. The molecule has 1 saturated heterocycles. The number of carbonyl (C=O) groups excluding carboxylic acids is 1. The maximum absolute atomic E-state index is 12.9. The zero-order valence-electron chi connectivity index (χ0n) is 17.3. The number of aryl methyl sites for hydroxylation is 1. The van der Waals surface area contributed by atoms with E-state index in [1.807, 2.05) is 20.8 Å². The first-order valence-electron chi connectivity index (χ1n) is 9.70. The van der Waals surface area contributed by atoms with Crippen molar-refractivity contribution in [3.8, 4) is 0 Å². The third-order valence-corrected chi connectivity index (χ3v) is 6.74. The molecule has 1 aromatic heterocycles. The molecule has 1 fully saturated rings. The SMILES string of the molecule is Cc1ccc(S(=O)(=O)N2CCCCC2)cc1C(=O)OCc1nc(C(C)(C)C)no1. The summed E-state index contributed by atoms with van der Waals surface area (Å²) in [5, 5.41) is 3.89. The van der Waals surface area contributed by atoms with Gasteiger partial charge in [-0.1, -0.05) is 38.4 Å². The first-order chi connectivity index (χ1) is 13.6. The molecule has 2 heterocycles. The molecule has 3 rings (SSSR count). The van der Waals surface area contributed by atoms with Crippen LogP contribution in [0.25, 0.3) is 0 Å². The quantitative estimate of drug-likeness (QED) is 0.683. The molecule has 0 amide bonds. The van der Waals surface area contributed by atoms with Crippen molar-refractivity contribution in [3.63, 3.8) is 0 Å². The number of carbonyl (C=O) groups is 1. The number of hydrogen-bond acceptors (Lipinski definition) is 7. The maximum atomic E-state index is 12.9. The Morgan fingerprint density at radius 1 is 1.21 bits per heavy atom. The zero-order valence-corrected chi connectivity index (χ0v) is 18.1. The Hall–Kier alpha value is -2.26. The molecule has 0 atom stereocenters. The van der Waals surface area contributed by atoms with Gasteiger partial charge >= 0.3 is 5.97 Å². The Kier molecular flexibility index (Phi) is 6.09. The molecular formula is C20H27N3O5S. The van der Waals surface area contributed by atoms with E-state index in [-0.39, 0.29) is 28.4 Å². The molecule has 29 heavy (non-hydrogen) atoms. The summed E-state index contributed by atoms with van der Waals surface area (Å²) in [6.45, 7) is 8.41. The van der Waals surface area contributed by atoms with Crippen molar-refractivity contribution in [3.05, 3.63) is 41.0 Å². The Labute approximate surface area is 171 Å². The standard InChI is InChI=1S/C20H27N3O5S/c1-14-8-9-15(29(25,26)23-10-6-5-7-11-23)12-16(14)18(24)27-13-17-21-19(22-28-17)20(2,3)4/h8-9,12H,5-7,10-11,13H2,1-4H3. The first kappa shape index (κ1) is 21.4. The van der Waals surface area contributed by atoms with Crippen molar-refractivity contribution in [1.82, 2.24) is 14.4 Å². The average molecular weight is 422 g/mol. The third-order valence-electron chi connectivity index (χ3n) is 4.85. The largest absolute Gasteiger partial charge is 0.452 e. The van der Waals surface area contributed by atoms with Crippen LogP contribution in [0.2, 0.25) is 0 Å². The van der Waals surface area contributed by atoms with Crippen molar-refractivity contribution in [1.29, 1.82) is 0 Å². The molecule has 0 radical (unpaired) electrons. The number of piperidine rings is 1. The molecule has 1 aliphatic rings. The number of rotatable bonds is 5. The van der Waals surface area contributed by atoms with Gasteiger partial charge in [0.25, 0.3) is 5.89 Å². The Balaban J connectivity index is 1.75. The van der Waals surface area contributed by atoms with Crippen molar-refractivity contribution < 1.29 is 22.5 Å². The van der Waals surface area contributed by atoms with E-state index in [1.165, 1.54) is 16.4 Å². The van der Waals surface area contributed by atoms with Gasteiger partial charge in [-0.2, -0.15) is 9.29 Å². The zero-order chi connectivity index (χ0) is 21.2. The minimum absolute atomic E-state index is 0.102. The maximum Gasteiger partial charge on any atom is 0.338 e. The molecule has 9 heteroatoms. The van der Waals surface area contributed by atoms with Crippen molar-refractivity contribution in [2.45, 2.75) is 63.9 Å². The monoisotopic (exact) mass is 421 g/mol. The number of nitrogens with zero attached hydrogens (tertiary/aromatic N) is 3. The van der Waals surface area contributed by atoms with E-state index < -0.39 is 16.0 Å². The second kappa shape index (κ2) is 8.23. The van der Waals surface area contributed by atoms with Crippen molar-refractivity contribution >= 4 is 16.0 Å². The molecule has 0 spiro atoms. The first-order valence-corrected chi connectivity index (χ1v) is 11.1. The van der Waals surface area contributed by atoms with Crippen molar-refractivity contribution in [2.24, 2.45) is 0 Å². The van der Waals surface area contributed by atoms with E-state index in [1.54, 1.807) is 13.0 Å². The van der Waals surface area contributed by atoms with Gasteiger partial charge in [0.15, 0.2) is 12.4 Å². The fourth-order valence-corrected chi connectivity index (χ4v) is 4.60. The summed E-state index contributed by atoms with van der Waals surface area (Å²) in [5.74, 6) is 0.0843. The van der Waals surface area contributed by atoms with Crippen molar-refractivity contribution in [2.75, 3.05) is 13.1 Å². The van der Waals surface area contributed by atoms with Crippen LogP contribution in [-0.4, -0.2) is 41.9 Å². The third kappa shape index (κ3) is 4.84. The Bertz CT molecular complexity index is 986. The van der Waals surface area contributed by atoms with Gasteiger partial charge in [-0.25, -0.2) is 13.2 Å². The van der Waals surface area contributed by atoms with E-state index in [4.69, 9.17) is 9.26 Å². The van der Waals surface area contributed by atoms with Gasteiger partial charge in [0.2, 0.25) is 10.0 Å². The van der Waals surface area contributed by atoms with Gasteiger partial charge < -0.3 is 9.26 Å². The summed E-state index contributed by atoms with van der Waals surface area (Å²) in [7, 11) is -3.63. The highest BCUT2D eigenvalue weighted by Gasteiger charge is 2.27. The minimum Gasteiger partial charge on any atom is -0.452 e. The Morgan fingerprint density at radius 3 is 2.52 bits per heavy atom. The molecule has 158 valence electrons. The van der Waals surface area contributed by atoms with Gasteiger partial charge in [-0.15, -0.1) is 0 Å². The summed E-state index contributed by atoms with van der Waals surface area (Å²) < 4.78 is 37.7. The molecule has 0 N–H and O–H groups in total. The van der Waals surface area contributed by atoms with Crippen LogP contribution < -0.4 is 0 Å². The fraction of sp³-hybridized carbons (Fsp3) is 0.550. The number of benzene rings is 1. The van der Waals surface area contributed by atoms with Crippen LogP contribution in [0.15, 0.2) is 27.6 Å². The molecule has 1 aliphatic heterocycles. The lowest BCUT2D eigenvalue weighted by molar-refractivity contribution is 0.0428. The van der Waals surface area contributed by atoms with Gasteiger partial charge in [0, 0.05) is 18.5 Å². The second-order valence-corrected chi connectivity index (χ2v) is 10.2. The average Bonchev–Trinajstić information content (AvgIpc) is 3.16. The molecule has 0 unspecified atom stereocenters. The molecular weight excluding hydrogens is 394 g/mol. The minimum atomic E-state index is -3.63. The highest BCUT2D eigenvalue weighted by molar-refractivity contribution is 7.89. The van der Waals surface area contributed by atoms with E-state index in [0.29, 0.717) is 24.5 Å². The number of ether oxygens (including phenoxy) is 1. The molecule has 8 nitrogen and oxygen atoms in total. The smallest absolute Gasteiger partial charge is 0.338 e. The number of esters is 1. The van der Waals surface area contributed by atoms with Crippen LogP contribution in [0.3, 0.4) is 0 Å². The number of hydrogen-bond donors (Lipinski definition) is 0. The lowest BCUT2D eigenvalue weighted by Crippen LogP contribution is -2.35. The van der Waals surface area contributed by atoms with Crippen LogP contribution in [-0.2, 0) is 26.8 Å². The topological polar surface area (TPSA) is 103 Å². The van der Waals surface area contributed by atoms with Crippen LogP contribution >= 0.6 is 0 Å². The van der Waals surface area contributed by atoms with Gasteiger partial charge in [-0.05, 0) is 37.5 Å². The summed E-state index contributed by atoms with van der Waals surface area (Å²) >= 11 is 0. The molecule has 1 aromatic carbocycles. The predicted octanol–water partition coefficient (Wildman–Crippen LogP) is 3.21. The van der Waals surface area contributed by atoms with E-state index >= 15 is 0 Å². The van der Waals surface area contributed by atoms with E-state index in [0.717, 1.165) is 19.3 Å². The molecule has 0 bridgehead atoms. The van der Waals surface area contributed by atoms with Crippen LogP contribution in [0.1, 0.15) is 67.7 Å². The van der Waals surface area contributed by atoms with E-state index in [9.17, 15) is 13.2 Å². The summed E-state index contributed by atoms with van der Waals surface area (Å²) in [6.07, 6.45) is 2.73. The van der Waals surface area contributed by atoms with Crippen LogP contribution in [0.5, 0.6) is 0 Å². The lowest BCUT2D eigenvalue weighted by Gasteiger charge is -2.26. The number of aromatic nitrogens is 2. The highest BCUT2D eigenvalue weighted by atomic mass is 32.2. The summed E-state index contributed by atoms with van der Waals surface area (Å²) in [6, 6.07) is 4.54. The van der Waals surface area contributed by atoms with Gasteiger partial charge in [0.05, 0.1) is 10.5 Å². The van der Waals surface area contributed by atoms with Crippen LogP contribution in [0, 0.1) is 6.92 Å². The normalized spacial score (nSPS) is 16.0. The summed E-state index contributed by atoms with van der Waals surface area (Å²) in [4.78, 5) is 16.9. The van der Waals surface area contributed by atoms with Gasteiger partial charge in [-0.3, -0.25) is 0 Å². The highest BCUT2D eigenvalue weighted by Crippen LogP contribution is 2.24. The fourth-order valence-electron chi connectivity index (χ4n) is 3.06. The summed E-state index contributed by atoms with van der Waals surface area (Å²) in [5.41, 5.74) is 0.562. The lowest BCUT2D eigenvalue weighted by atomic mass is 9.96. The van der Waals surface area contributed by atoms with Gasteiger partial charge in [0.1, 0.15) is 0 Å². The predicted molar refractivity (Wildman–Crippen MR) is 106 cm³/mol. The second-order valence-electron chi connectivity index (χ2n) is 8.28. The van der Waals surface area contributed by atoms with Crippen LogP contribution in [0.4, 0.5) is 0 Å². The molecule has 0 saturated carbocycles. The van der Waals surface area contributed by atoms with E-state index in [2.05, 4.69) is 10.1 Å².